The molecule has 2 N–H and O–H groups in total. The lowest BCUT2D eigenvalue weighted by Crippen LogP contribution is -2.27. The average molecular weight is 263 g/mol. The molecule has 0 saturated carbocycles. The Kier molecular flexibility index (Phi) is 6.02. The van der Waals surface area contributed by atoms with Gasteiger partial charge in [0.2, 0.25) is 5.91 Å². The highest BCUT2D eigenvalue weighted by atomic mass is 16.2. The van der Waals surface area contributed by atoms with Crippen molar-refractivity contribution in [1.82, 2.24) is 10.2 Å². The fourth-order valence-electron chi connectivity index (χ4n) is 1.61. The van der Waals surface area contributed by atoms with Crippen molar-refractivity contribution in [3.8, 4) is 0 Å². The van der Waals surface area contributed by atoms with Gasteiger partial charge in [-0.15, -0.1) is 0 Å². The van der Waals surface area contributed by atoms with E-state index < -0.39 is 0 Å². The number of rotatable bonds is 6. The molecule has 0 aromatic heterocycles. The molecule has 0 spiro atoms. The second-order valence-electron chi connectivity index (χ2n) is 4.67. The Morgan fingerprint density at radius 2 is 1.79 bits per heavy atom. The Morgan fingerprint density at radius 1 is 1.16 bits per heavy atom. The lowest BCUT2D eigenvalue weighted by atomic mass is 10.2. The molecule has 0 radical (unpaired) electrons. The van der Waals surface area contributed by atoms with Crippen LogP contribution in [-0.4, -0.2) is 43.9 Å². The minimum Gasteiger partial charge on any atom is -0.352 e. The van der Waals surface area contributed by atoms with Crippen molar-refractivity contribution < 1.29 is 9.59 Å². The number of hydrogen-bond acceptors (Lipinski definition) is 3. The number of nitrogens with one attached hydrogen (secondary N) is 2. The van der Waals surface area contributed by atoms with Gasteiger partial charge in [-0.1, -0.05) is 0 Å². The first kappa shape index (κ1) is 15.2. The van der Waals surface area contributed by atoms with Crippen LogP contribution in [-0.2, 0) is 4.79 Å². The lowest BCUT2D eigenvalue weighted by Gasteiger charge is -2.10. The van der Waals surface area contributed by atoms with E-state index in [-0.39, 0.29) is 11.8 Å². The van der Waals surface area contributed by atoms with Gasteiger partial charge in [-0.3, -0.25) is 9.59 Å². The van der Waals surface area contributed by atoms with Crippen LogP contribution in [0.15, 0.2) is 24.3 Å². The van der Waals surface area contributed by atoms with Crippen molar-refractivity contribution >= 4 is 17.5 Å². The molecular weight excluding hydrogens is 242 g/mol. The average Bonchev–Trinajstić information content (AvgIpc) is 2.34. The first-order chi connectivity index (χ1) is 8.99. The predicted molar refractivity (Wildman–Crippen MR) is 76.2 cm³/mol. The first-order valence-corrected chi connectivity index (χ1v) is 6.29. The predicted octanol–water partition coefficient (Wildman–Crippen LogP) is 1.33. The standard InChI is InChI=1S/C14H21N3O2/c1-11(18)16-13-7-5-12(6-8-13)14(19)15-9-4-10-17(2)3/h5-8H,4,9-10H2,1-3H3,(H,15,19)(H,16,18). The summed E-state index contributed by atoms with van der Waals surface area (Å²) in [6.07, 6.45) is 0.919. The number of nitrogens with zero attached hydrogens (tertiary/aromatic N) is 1. The van der Waals surface area contributed by atoms with Gasteiger partial charge >= 0.3 is 0 Å². The second-order valence-corrected chi connectivity index (χ2v) is 4.67. The highest BCUT2D eigenvalue weighted by Crippen LogP contribution is 2.09. The fourth-order valence-corrected chi connectivity index (χ4v) is 1.61. The van der Waals surface area contributed by atoms with Gasteiger partial charge in [0.25, 0.3) is 5.91 Å². The van der Waals surface area contributed by atoms with Gasteiger partial charge in [-0.2, -0.15) is 0 Å². The Bertz CT molecular complexity index is 427. The van der Waals surface area contributed by atoms with Crippen LogP contribution in [0.2, 0.25) is 0 Å². The minimum absolute atomic E-state index is 0.0897. The number of amides is 2. The van der Waals surface area contributed by atoms with Crippen LogP contribution in [0.3, 0.4) is 0 Å². The summed E-state index contributed by atoms with van der Waals surface area (Å²) in [5.74, 6) is -0.214. The van der Waals surface area contributed by atoms with Crippen molar-refractivity contribution in [3.63, 3.8) is 0 Å². The third-order valence-corrected chi connectivity index (χ3v) is 2.54. The molecule has 0 fully saturated rings. The zero-order valence-corrected chi connectivity index (χ0v) is 11.7. The van der Waals surface area contributed by atoms with E-state index in [1.165, 1.54) is 6.92 Å². The summed E-state index contributed by atoms with van der Waals surface area (Å²) in [4.78, 5) is 24.8. The largest absolute Gasteiger partial charge is 0.352 e. The van der Waals surface area contributed by atoms with E-state index in [1.54, 1.807) is 24.3 Å². The topological polar surface area (TPSA) is 61.4 Å². The Labute approximate surface area is 114 Å². The first-order valence-electron chi connectivity index (χ1n) is 6.29. The lowest BCUT2D eigenvalue weighted by molar-refractivity contribution is -0.114. The quantitative estimate of drug-likeness (QED) is 0.761. The van der Waals surface area contributed by atoms with Gasteiger partial charge in [0.15, 0.2) is 0 Å². The SMILES string of the molecule is CC(=O)Nc1ccc(C(=O)NCCCN(C)C)cc1. The smallest absolute Gasteiger partial charge is 0.251 e. The molecule has 0 aliphatic carbocycles. The Balaban J connectivity index is 2.42. The Hall–Kier alpha value is -1.88. The van der Waals surface area contributed by atoms with Crippen LogP contribution in [0.25, 0.3) is 0 Å². The third-order valence-electron chi connectivity index (χ3n) is 2.54. The van der Waals surface area contributed by atoms with Crippen LogP contribution in [0.1, 0.15) is 23.7 Å². The molecule has 1 aromatic rings. The summed E-state index contributed by atoms with van der Waals surface area (Å²) in [5.41, 5.74) is 1.29. The minimum atomic E-state index is -0.124. The zero-order valence-electron chi connectivity index (χ0n) is 11.7. The number of anilines is 1. The molecule has 5 heteroatoms. The molecule has 104 valence electrons. The molecule has 0 atom stereocenters. The molecule has 0 unspecified atom stereocenters. The van der Waals surface area contributed by atoms with Gasteiger partial charge in [0.05, 0.1) is 0 Å². The van der Waals surface area contributed by atoms with Crippen LogP contribution >= 0.6 is 0 Å². The summed E-state index contributed by atoms with van der Waals surface area (Å²) in [7, 11) is 4.01. The van der Waals surface area contributed by atoms with E-state index in [0.29, 0.717) is 17.8 Å². The summed E-state index contributed by atoms with van der Waals surface area (Å²) in [5, 5.41) is 5.52. The van der Waals surface area contributed by atoms with Crippen LogP contribution < -0.4 is 10.6 Å². The summed E-state index contributed by atoms with van der Waals surface area (Å²) >= 11 is 0. The van der Waals surface area contributed by atoms with E-state index in [4.69, 9.17) is 0 Å². The monoisotopic (exact) mass is 263 g/mol. The molecule has 19 heavy (non-hydrogen) atoms. The van der Waals surface area contributed by atoms with Crippen molar-refractivity contribution in [2.24, 2.45) is 0 Å². The number of hydrogen-bond donors (Lipinski definition) is 2. The highest BCUT2D eigenvalue weighted by molar-refractivity contribution is 5.95. The maximum atomic E-state index is 11.8. The molecule has 2 amide bonds. The van der Waals surface area contributed by atoms with Crippen LogP contribution in [0.5, 0.6) is 0 Å². The molecule has 1 rings (SSSR count). The van der Waals surface area contributed by atoms with Gasteiger partial charge in [0, 0.05) is 24.7 Å². The number of benzene rings is 1. The molecule has 0 aliphatic heterocycles. The van der Waals surface area contributed by atoms with Gasteiger partial charge in [-0.05, 0) is 51.3 Å². The molecular formula is C14H21N3O2. The third kappa shape index (κ3) is 6.01. The zero-order chi connectivity index (χ0) is 14.3. The van der Waals surface area contributed by atoms with E-state index in [0.717, 1.165) is 13.0 Å². The van der Waals surface area contributed by atoms with Gasteiger partial charge in [0.1, 0.15) is 0 Å². The molecule has 1 aromatic carbocycles. The highest BCUT2D eigenvalue weighted by Gasteiger charge is 2.04. The maximum absolute atomic E-state index is 11.8. The van der Waals surface area contributed by atoms with Crippen molar-refractivity contribution in [1.29, 1.82) is 0 Å². The molecule has 0 saturated heterocycles. The van der Waals surface area contributed by atoms with E-state index in [2.05, 4.69) is 15.5 Å². The summed E-state index contributed by atoms with van der Waals surface area (Å²) in [6.45, 7) is 3.05. The van der Waals surface area contributed by atoms with Crippen LogP contribution in [0.4, 0.5) is 5.69 Å². The number of carbonyl (C=O) groups is 2. The molecule has 0 aliphatic rings. The van der Waals surface area contributed by atoms with E-state index in [1.807, 2.05) is 14.1 Å². The Morgan fingerprint density at radius 3 is 2.32 bits per heavy atom. The van der Waals surface area contributed by atoms with Gasteiger partial charge in [-0.25, -0.2) is 0 Å². The van der Waals surface area contributed by atoms with Crippen LogP contribution in [0, 0.1) is 0 Å². The second kappa shape index (κ2) is 7.53. The molecule has 0 heterocycles. The summed E-state index contributed by atoms with van der Waals surface area (Å²) < 4.78 is 0. The van der Waals surface area contributed by atoms with Crippen molar-refractivity contribution in [2.75, 3.05) is 32.5 Å². The fraction of sp³-hybridized carbons (Fsp3) is 0.429. The summed E-state index contributed by atoms with van der Waals surface area (Å²) in [6, 6.07) is 6.84. The van der Waals surface area contributed by atoms with Crippen molar-refractivity contribution in [3.05, 3.63) is 29.8 Å². The normalized spacial score (nSPS) is 10.3. The van der Waals surface area contributed by atoms with Crippen molar-refractivity contribution in [2.45, 2.75) is 13.3 Å². The van der Waals surface area contributed by atoms with E-state index >= 15 is 0 Å². The maximum Gasteiger partial charge on any atom is 0.251 e. The van der Waals surface area contributed by atoms with Gasteiger partial charge < -0.3 is 15.5 Å². The number of carbonyl (C=O) groups excluding carboxylic acids is 2. The molecule has 5 nitrogen and oxygen atoms in total. The van der Waals surface area contributed by atoms with E-state index in [9.17, 15) is 9.59 Å². The molecule has 0 bridgehead atoms.